The third-order valence-corrected chi connectivity index (χ3v) is 3.30. The summed E-state index contributed by atoms with van der Waals surface area (Å²) >= 11 is 3.24. The summed E-state index contributed by atoms with van der Waals surface area (Å²) < 4.78 is 5.78. The van der Waals surface area contributed by atoms with Crippen LogP contribution in [0.2, 0.25) is 0 Å². The Bertz CT molecular complexity index is 585. The molecule has 0 spiro atoms. The van der Waals surface area contributed by atoms with Crippen LogP contribution in [0.3, 0.4) is 0 Å². The standard InChI is InChI=1S/C15H15BrN2O2/c1-20-9-8-11-4-2-3-5-13(11)18-15(19)12-6-7-14(16)17-10-12/h2-7,10H,8-9H2,1H3,(H,18,19). The lowest BCUT2D eigenvalue weighted by Gasteiger charge is -2.10. The van der Waals surface area contributed by atoms with Crippen molar-refractivity contribution >= 4 is 27.5 Å². The number of carbonyl (C=O) groups excluding carboxylic acids is 1. The maximum atomic E-state index is 12.2. The predicted molar refractivity (Wildman–Crippen MR) is 81.9 cm³/mol. The molecule has 1 aromatic heterocycles. The maximum absolute atomic E-state index is 12.2. The Morgan fingerprint density at radius 3 is 2.80 bits per heavy atom. The fraction of sp³-hybridized carbons (Fsp3) is 0.200. The minimum Gasteiger partial charge on any atom is -0.384 e. The van der Waals surface area contributed by atoms with E-state index >= 15 is 0 Å². The lowest BCUT2D eigenvalue weighted by molar-refractivity contribution is 0.102. The summed E-state index contributed by atoms with van der Waals surface area (Å²) in [7, 11) is 1.66. The van der Waals surface area contributed by atoms with Crippen molar-refractivity contribution in [1.29, 1.82) is 0 Å². The minimum atomic E-state index is -0.171. The first-order valence-electron chi connectivity index (χ1n) is 6.20. The van der Waals surface area contributed by atoms with Gasteiger partial charge in [0.15, 0.2) is 0 Å². The molecule has 0 aliphatic rings. The average Bonchev–Trinajstić information content (AvgIpc) is 2.47. The molecule has 0 radical (unpaired) electrons. The van der Waals surface area contributed by atoms with E-state index in [9.17, 15) is 4.79 Å². The molecule has 104 valence electrons. The van der Waals surface area contributed by atoms with Gasteiger partial charge in [0.2, 0.25) is 0 Å². The number of aromatic nitrogens is 1. The number of hydrogen-bond donors (Lipinski definition) is 1. The molecule has 20 heavy (non-hydrogen) atoms. The van der Waals surface area contributed by atoms with E-state index in [4.69, 9.17) is 4.74 Å². The quantitative estimate of drug-likeness (QED) is 0.853. The number of benzene rings is 1. The molecule has 5 heteroatoms. The van der Waals surface area contributed by atoms with Gasteiger partial charge in [0, 0.05) is 19.0 Å². The summed E-state index contributed by atoms with van der Waals surface area (Å²) in [5, 5.41) is 2.91. The molecule has 1 aromatic carbocycles. The zero-order chi connectivity index (χ0) is 14.4. The Hall–Kier alpha value is -1.72. The predicted octanol–water partition coefficient (Wildman–Crippen LogP) is 3.29. The number of ether oxygens (including phenoxy) is 1. The molecule has 0 aliphatic heterocycles. The highest BCUT2D eigenvalue weighted by Gasteiger charge is 2.09. The molecule has 0 fully saturated rings. The smallest absolute Gasteiger partial charge is 0.257 e. The molecular formula is C15H15BrN2O2. The zero-order valence-corrected chi connectivity index (χ0v) is 12.7. The van der Waals surface area contributed by atoms with E-state index in [0.29, 0.717) is 16.8 Å². The van der Waals surface area contributed by atoms with Crippen LogP contribution in [0.4, 0.5) is 5.69 Å². The molecule has 1 heterocycles. The van der Waals surface area contributed by atoms with Crippen LogP contribution in [0, 0.1) is 0 Å². The van der Waals surface area contributed by atoms with Gasteiger partial charge in [-0.25, -0.2) is 4.98 Å². The van der Waals surface area contributed by atoms with Gasteiger partial charge in [-0.2, -0.15) is 0 Å². The van der Waals surface area contributed by atoms with Crippen molar-refractivity contribution in [2.75, 3.05) is 19.0 Å². The fourth-order valence-corrected chi connectivity index (χ4v) is 2.01. The van der Waals surface area contributed by atoms with Gasteiger partial charge in [0.25, 0.3) is 5.91 Å². The molecular weight excluding hydrogens is 320 g/mol. The third kappa shape index (κ3) is 3.88. The van der Waals surface area contributed by atoms with Gasteiger partial charge in [-0.1, -0.05) is 18.2 Å². The number of anilines is 1. The van der Waals surface area contributed by atoms with Crippen LogP contribution in [-0.4, -0.2) is 24.6 Å². The van der Waals surface area contributed by atoms with E-state index in [0.717, 1.165) is 17.7 Å². The molecule has 2 rings (SSSR count). The monoisotopic (exact) mass is 334 g/mol. The van der Waals surface area contributed by atoms with E-state index in [1.54, 1.807) is 19.2 Å². The molecule has 0 unspecified atom stereocenters. The first kappa shape index (κ1) is 14.7. The number of nitrogens with one attached hydrogen (secondary N) is 1. The molecule has 0 saturated carbocycles. The number of para-hydroxylation sites is 1. The van der Waals surface area contributed by atoms with Crippen molar-refractivity contribution < 1.29 is 9.53 Å². The minimum absolute atomic E-state index is 0.171. The van der Waals surface area contributed by atoms with Gasteiger partial charge in [-0.05, 0) is 46.1 Å². The number of nitrogens with zero attached hydrogens (tertiary/aromatic N) is 1. The lowest BCUT2D eigenvalue weighted by Crippen LogP contribution is -2.14. The summed E-state index contributed by atoms with van der Waals surface area (Å²) in [6, 6.07) is 11.2. The number of hydrogen-bond acceptors (Lipinski definition) is 3. The second kappa shape index (κ2) is 7.17. The van der Waals surface area contributed by atoms with Crippen LogP contribution >= 0.6 is 15.9 Å². The molecule has 1 amide bonds. The van der Waals surface area contributed by atoms with Crippen molar-refractivity contribution in [2.45, 2.75) is 6.42 Å². The van der Waals surface area contributed by atoms with Crippen molar-refractivity contribution in [2.24, 2.45) is 0 Å². The van der Waals surface area contributed by atoms with Crippen molar-refractivity contribution in [3.8, 4) is 0 Å². The van der Waals surface area contributed by atoms with Crippen LogP contribution < -0.4 is 5.32 Å². The topological polar surface area (TPSA) is 51.2 Å². The third-order valence-electron chi connectivity index (χ3n) is 2.83. The second-order valence-electron chi connectivity index (χ2n) is 4.22. The van der Waals surface area contributed by atoms with Crippen LogP contribution in [0.1, 0.15) is 15.9 Å². The van der Waals surface area contributed by atoms with Gasteiger partial charge in [-0.3, -0.25) is 4.79 Å². The molecule has 0 aliphatic carbocycles. The number of amides is 1. The molecule has 2 aromatic rings. The van der Waals surface area contributed by atoms with E-state index in [-0.39, 0.29) is 5.91 Å². The van der Waals surface area contributed by atoms with Gasteiger partial charge in [0.1, 0.15) is 4.60 Å². The van der Waals surface area contributed by atoms with Gasteiger partial charge < -0.3 is 10.1 Å². The highest BCUT2D eigenvalue weighted by molar-refractivity contribution is 9.10. The Labute approximate surface area is 126 Å². The normalized spacial score (nSPS) is 10.3. The van der Waals surface area contributed by atoms with Gasteiger partial charge in [-0.15, -0.1) is 0 Å². The summed E-state index contributed by atoms with van der Waals surface area (Å²) in [5.74, 6) is -0.171. The number of methoxy groups -OCH3 is 1. The number of halogens is 1. The number of rotatable bonds is 5. The SMILES string of the molecule is COCCc1ccccc1NC(=O)c1ccc(Br)nc1. The lowest BCUT2D eigenvalue weighted by atomic mass is 10.1. The summed E-state index contributed by atoms with van der Waals surface area (Å²) in [6.07, 6.45) is 2.29. The van der Waals surface area contributed by atoms with E-state index in [2.05, 4.69) is 26.2 Å². The highest BCUT2D eigenvalue weighted by Crippen LogP contribution is 2.17. The van der Waals surface area contributed by atoms with Gasteiger partial charge >= 0.3 is 0 Å². The van der Waals surface area contributed by atoms with Crippen LogP contribution in [0.25, 0.3) is 0 Å². The van der Waals surface area contributed by atoms with Crippen molar-refractivity contribution in [3.63, 3.8) is 0 Å². The van der Waals surface area contributed by atoms with Crippen LogP contribution in [0.15, 0.2) is 47.2 Å². The molecule has 0 saturated heterocycles. The van der Waals surface area contributed by atoms with Gasteiger partial charge in [0.05, 0.1) is 12.2 Å². The summed E-state index contributed by atoms with van der Waals surface area (Å²) in [5.41, 5.74) is 2.37. The fourth-order valence-electron chi connectivity index (χ4n) is 1.78. The van der Waals surface area contributed by atoms with E-state index < -0.39 is 0 Å². The number of pyridine rings is 1. The maximum Gasteiger partial charge on any atom is 0.257 e. The largest absolute Gasteiger partial charge is 0.384 e. The Kier molecular flexibility index (Phi) is 5.26. The molecule has 0 atom stereocenters. The van der Waals surface area contributed by atoms with E-state index in [1.807, 2.05) is 24.3 Å². The first-order chi connectivity index (χ1) is 9.70. The van der Waals surface area contributed by atoms with Crippen molar-refractivity contribution in [1.82, 2.24) is 4.98 Å². The average molecular weight is 335 g/mol. The van der Waals surface area contributed by atoms with E-state index in [1.165, 1.54) is 6.20 Å². The van der Waals surface area contributed by atoms with Crippen LogP contribution in [-0.2, 0) is 11.2 Å². The second-order valence-corrected chi connectivity index (χ2v) is 5.04. The molecule has 0 bridgehead atoms. The number of carbonyl (C=O) groups is 1. The zero-order valence-electron chi connectivity index (χ0n) is 11.1. The molecule has 1 N–H and O–H groups in total. The summed E-state index contributed by atoms with van der Waals surface area (Å²) in [6.45, 7) is 0.618. The van der Waals surface area contributed by atoms with Crippen LogP contribution in [0.5, 0.6) is 0 Å². The first-order valence-corrected chi connectivity index (χ1v) is 7.00. The Balaban J connectivity index is 2.13. The summed E-state index contributed by atoms with van der Waals surface area (Å²) in [4.78, 5) is 16.2. The highest BCUT2D eigenvalue weighted by atomic mass is 79.9. The molecule has 4 nitrogen and oxygen atoms in total. The Morgan fingerprint density at radius 2 is 2.10 bits per heavy atom. The van der Waals surface area contributed by atoms with Crippen molar-refractivity contribution in [3.05, 3.63) is 58.3 Å². The Morgan fingerprint density at radius 1 is 1.30 bits per heavy atom.